The number of hydrogen-bond donors (Lipinski definition) is 3. The van der Waals surface area contributed by atoms with Gasteiger partial charge in [-0.3, -0.25) is 9.59 Å². The van der Waals surface area contributed by atoms with Crippen LogP contribution in [-0.4, -0.2) is 47.4 Å². The summed E-state index contributed by atoms with van der Waals surface area (Å²) < 4.78 is 5.49. The highest BCUT2D eigenvalue weighted by atomic mass is 16.5. The van der Waals surface area contributed by atoms with Crippen LogP contribution < -0.4 is 5.32 Å². The third-order valence-corrected chi connectivity index (χ3v) is 14.8. The minimum Gasteiger partial charge on any atom is -0.466 e. The summed E-state index contributed by atoms with van der Waals surface area (Å²) >= 11 is 0. The van der Waals surface area contributed by atoms with E-state index in [-0.39, 0.29) is 18.5 Å². The highest BCUT2D eigenvalue weighted by molar-refractivity contribution is 5.76. The van der Waals surface area contributed by atoms with Gasteiger partial charge in [-0.15, -0.1) is 0 Å². The van der Waals surface area contributed by atoms with E-state index < -0.39 is 12.1 Å². The van der Waals surface area contributed by atoms with Crippen molar-refractivity contribution in [3.8, 4) is 0 Å². The van der Waals surface area contributed by atoms with Crippen molar-refractivity contribution in [1.82, 2.24) is 5.32 Å². The van der Waals surface area contributed by atoms with Crippen molar-refractivity contribution in [3.63, 3.8) is 0 Å². The third kappa shape index (κ3) is 55.7. The first-order chi connectivity index (χ1) is 34.5. The van der Waals surface area contributed by atoms with Gasteiger partial charge in [0.05, 0.1) is 25.4 Å². The number of esters is 1. The summed E-state index contributed by atoms with van der Waals surface area (Å²) in [4.78, 5) is 24.5. The first-order valence-corrected chi connectivity index (χ1v) is 31.6. The van der Waals surface area contributed by atoms with Crippen LogP contribution in [0.3, 0.4) is 0 Å². The van der Waals surface area contributed by atoms with Gasteiger partial charge in [-0.05, 0) is 57.8 Å². The Balaban J connectivity index is 3.43. The predicted molar refractivity (Wildman–Crippen MR) is 306 cm³/mol. The molecular weight excluding hydrogens is 863 g/mol. The van der Waals surface area contributed by atoms with Crippen molar-refractivity contribution >= 4 is 11.9 Å². The molecular formula is C64H123NO5. The van der Waals surface area contributed by atoms with Crippen LogP contribution in [0.1, 0.15) is 348 Å². The summed E-state index contributed by atoms with van der Waals surface area (Å²) in [6, 6.07) is -0.549. The molecule has 6 heteroatoms. The molecule has 6 nitrogen and oxygen atoms in total. The summed E-state index contributed by atoms with van der Waals surface area (Å²) in [5.74, 6) is -0.0331. The van der Waals surface area contributed by atoms with E-state index in [1.165, 1.54) is 270 Å². The summed E-state index contributed by atoms with van der Waals surface area (Å²) in [6.07, 6.45) is 73.3. The van der Waals surface area contributed by atoms with E-state index in [9.17, 15) is 19.8 Å². The van der Waals surface area contributed by atoms with Gasteiger partial charge < -0.3 is 20.3 Å². The smallest absolute Gasteiger partial charge is 0.305 e. The molecule has 0 bridgehead atoms. The number of nitrogens with one attached hydrogen (secondary N) is 1. The second kappa shape index (κ2) is 59.9. The van der Waals surface area contributed by atoms with E-state index in [4.69, 9.17) is 4.74 Å². The van der Waals surface area contributed by atoms with Crippen LogP contribution in [0.4, 0.5) is 0 Å². The molecule has 3 N–H and O–H groups in total. The summed E-state index contributed by atoms with van der Waals surface area (Å²) in [5, 5.41) is 23.3. The number of hydrogen-bond acceptors (Lipinski definition) is 5. The van der Waals surface area contributed by atoms with Crippen molar-refractivity contribution in [2.24, 2.45) is 0 Å². The molecule has 1 amide bonds. The van der Waals surface area contributed by atoms with E-state index in [0.717, 1.165) is 44.9 Å². The van der Waals surface area contributed by atoms with Crippen molar-refractivity contribution in [2.45, 2.75) is 360 Å². The molecule has 2 atom stereocenters. The van der Waals surface area contributed by atoms with E-state index in [0.29, 0.717) is 25.9 Å². The Morgan fingerprint density at radius 3 is 1.09 bits per heavy atom. The number of ether oxygens (including phenoxy) is 1. The molecule has 0 saturated carbocycles. The minimum absolute atomic E-state index is 0.0104. The van der Waals surface area contributed by atoms with E-state index in [2.05, 4.69) is 43.5 Å². The monoisotopic (exact) mass is 986 g/mol. The summed E-state index contributed by atoms with van der Waals surface area (Å²) in [7, 11) is 0. The molecule has 2 unspecified atom stereocenters. The lowest BCUT2D eigenvalue weighted by Gasteiger charge is -2.22. The van der Waals surface area contributed by atoms with Gasteiger partial charge in [0.15, 0.2) is 0 Å². The maximum Gasteiger partial charge on any atom is 0.305 e. The lowest BCUT2D eigenvalue weighted by atomic mass is 10.0. The SMILES string of the molecule is CCCCCCCCCCCCCCCCCC(=O)OCCCCCCCCCCC/C=C\C/C=C\CCCCCCCCCC(=O)NC(CO)C(O)CCCCCCCCCCCCCCCCC. The average molecular weight is 987 g/mol. The molecule has 0 saturated heterocycles. The Morgan fingerprint density at radius 2 is 0.714 bits per heavy atom. The maximum atomic E-state index is 12.5. The highest BCUT2D eigenvalue weighted by Gasteiger charge is 2.20. The topological polar surface area (TPSA) is 95.9 Å². The lowest BCUT2D eigenvalue weighted by Crippen LogP contribution is -2.45. The largest absolute Gasteiger partial charge is 0.466 e. The average Bonchev–Trinajstić information content (AvgIpc) is 3.36. The second-order valence-corrected chi connectivity index (χ2v) is 21.7. The zero-order chi connectivity index (χ0) is 50.7. The van der Waals surface area contributed by atoms with Crippen LogP contribution in [0.2, 0.25) is 0 Å². The number of carbonyl (C=O) groups is 2. The third-order valence-electron chi connectivity index (χ3n) is 14.8. The number of allylic oxidation sites excluding steroid dienone is 4. The molecule has 0 radical (unpaired) electrons. The Morgan fingerprint density at radius 1 is 0.400 bits per heavy atom. The van der Waals surface area contributed by atoms with Crippen molar-refractivity contribution in [3.05, 3.63) is 24.3 Å². The number of aliphatic hydroxyl groups excluding tert-OH is 2. The normalized spacial score (nSPS) is 12.7. The van der Waals surface area contributed by atoms with Crippen LogP contribution in [0.15, 0.2) is 24.3 Å². The fourth-order valence-electron chi connectivity index (χ4n) is 9.91. The molecule has 0 aliphatic heterocycles. The highest BCUT2D eigenvalue weighted by Crippen LogP contribution is 2.18. The Labute approximate surface area is 437 Å². The molecule has 414 valence electrons. The van der Waals surface area contributed by atoms with Gasteiger partial charge in [-0.25, -0.2) is 0 Å². The molecule has 70 heavy (non-hydrogen) atoms. The Hall–Kier alpha value is -1.66. The van der Waals surface area contributed by atoms with Gasteiger partial charge in [0.2, 0.25) is 5.91 Å². The minimum atomic E-state index is -0.670. The number of amides is 1. The zero-order valence-corrected chi connectivity index (χ0v) is 47.3. The van der Waals surface area contributed by atoms with Crippen LogP contribution in [0, 0.1) is 0 Å². The second-order valence-electron chi connectivity index (χ2n) is 21.7. The summed E-state index contributed by atoms with van der Waals surface area (Å²) in [5.41, 5.74) is 0. The molecule has 0 spiro atoms. The lowest BCUT2D eigenvalue weighted by molar-refractivity contribution is -0.143. The molecule has 0 heterocycles. The zero-order valence-electron chi connectivity index (χ0n) is 47.3. The molecule has 0 aliphatic rings. The number of rotatable bonds is 59. The first kappa shape index (κ1) is 68.3. The molecule has 0 aromatic rings. The van der Waals surface area contributed by atoms with Crippen LogP contribution in [0.5, 0.6) is 0 Å². The van der Waals surface area contributed by atoms with Crippen molar-refractivity contribution in [1.29, 1.82) is 0 Å². The Kier molecular flexibility index (Phi) is 58.5. The van der Waals surface area contributed by atoms with Crippen LogP contribution >= 0.6 is 0 Å². The van der Waals surface area contributed by atoms with Crippen molar-refractivity contribution < 1.29 is 24.5 Å². The van der Waals surface area contributed by atoms with E-state index in [1.54, 1.807) is 0 Å². The quantitative estimate of drug-likeness (QED) is 0.0321. The molecule has 0 aromatic heterocycles. The van der Waals surface area contributed by atoms with Gasteiger partial charge in [-0.1, -0.05) is 301 Å². The van der Waals surface area contributed by atoms with Crippen LogP contribution in [-0.2, 0) is 14.3 Å². The molecule has 0 rings (SSSR count). The Bertz CT molecular complexity index is 1090. The fourth-order valence-corrected chi connectivity index (χ4v) is 9.91. The molecule has 0 aliphatic carbocycles. The number of aliphatic hydroxyl groups is 2. The molecule has 0 fully saturated rings. The van der Waals surface area contributed by atoms with Gasteiger partial charge in [-0.2, -0.15) is 0 Å². The van der Waals surface area contributed by atoms with Crippen molar-refractivity contribution in [2.75, 3.05) is 13.2 Å². The van der Waals surface area contributed by atoms with Gasteiger partial charge in [0.1, 0.15) is 0 Å². The standard InChI is InChI=1S/C64H123NO5/c1-3-5-7-9-11-13-15-17-28-32-36-40-44-48-52-56-62(67)61(60-66)65-63(68)57-53-49-45-41-37-33-30-26-24-22-20-19-21-23-25-27-31-35-39-43-47-51-55-59-70-64(69)58-54-50-46-42-38-34-29-18-16-14-12-10-8-6-4-2/h19,21-22,24,61-62,66-67H,3-18,20,23,25-60H2,1-2H3,(H,65,68)/b21-19-,24-22-. The molecule has 0 aromatic carbocycles. The summed E-state index contributed by atoms with van der Waals surface area (Å²) in [6.45, 7) is 4.97. The van der Waals surface area contributed by atoms with E-state index >= 15 is 0 Å². The fraction of sp³-hybridized carbons (Fsp3) is 0.906. The van der Waals surface area contributed by atoms with Crippen LogP contribution in [0.25, 0.3) is 0 Å². The van der Waals surface area contributed by atoms with Gasteiger partial charge >= 0.3 is 5.97 Å². The number of unbranched alkanes of at least 4 members (excludes halogenated alkanes) is 44. The van der Waals surface area contributed by atoms with E-state index in [1.807, 2.05) is 0 Å². The number of carbonyl (C=O) groups excluding carboxylic acids is 2. The predicted octanol–water partition coefficient (Wildman–Crippen LogP) is 19.8. The maximum absolute atomic E-state index is 12.5. The first-order valence-electron chi connectivity index (χ1n) is 31.6. The van der Waals surface area contributed by atoms with Gasteiger partial charge in [0, 0.05) is 12.8 Å². The van der Waals surface area contributed by atoms with Gasteiger partial charge in [0.25, 0.3) is 0 Å².